The van der Waals surface area contributed by atoms with Crippen LogP contribution in [0.3, 0.4) is 0 Å². The average Bonchev–Trinajstić information content (AvgIpc) is 3.87. The zero-order valence-electron chi connectivity index (χ0n) is 27.6. The number of rotatable bonds is 8. The summed E-state index contributed by atoms with van der Waals surface area (Å²) in [6.07, 6.45) is -0.594. The number of thiophene rings is 2. The van der Waals surface area contributed by atoms with Crippen LogP contribution in [0.1, 0.15) is 29.0 Å². The van der Waals surface area contributed by atoms with E-state index in [2.05, 4.69) is 144 Å². The highest BCUT2D eigenvalue weighted by atomic mass is 32.1. The Morgan fingerprint density at radius 2 is 1.25 bits per heavy atom. The van der Waals surface area contributed by atoms with Gasteiger partial charge in [0, 0.05) is 63.2 Å². The van der Waals surface area contributed by atoms with E-state index in [1.54, 1.807) is 0 Å². The van der Waals surface area contributed by atoms with Gasteiger partial charge in [-0.1, -0.05) is 115 Å². The molecule has 0 aliphatic heterocycles. The van der Waals surface area contributed by atoms with Gasteiger partial charge < -0.3 is 10.2 Å². The van der Waals surface area contributed by atoms with Crippen molar-refractivity contribution in [1.29, 1.82) is 0 Å². The van der Waals surface area contributed by atoms with Gasteiger partial charge in [-0.2, -0.15) is 0 Å². The predicted molar refractivity (Wildman–Crippen MR) is 217 cm³/mol. The first-order valence-electron chi connectivity index (χ1n) is 17.2. The number of hydrogen-bond acceptors (Lipinski definition) is 6. The molecule has 2 atom stereocenters. The van der Waals surface area contributed by atoms with E-state index in [9.17, 15) is 0 Å². The predicted octanol–water partition coefficient (Wildman–Crippen LogP) is 12.0. The van der Waals surface area contributed by atoms with Crippen molar-refractivity contribution in [3.8, 4) is 11.1 Å². The molecule has 0 aliphatic rings. The Morgan fingerprint density at radius 3 is 2.16 bits per heavy atom. The maximum Gasteiger partial charge on any atom is 0.139 e. The van der Waals surface area contributed by atoms with Crippen LogP contribution < -0.4 is 16.4 Å². The minimum absolute atomic E-state index is 0.191. The van der Waals surface area contributed by atoms with E-state index >= 15 is 0 Å². The Kier molecular flexibility index (Phi) is 7.45. The Labute approximate surface area is 302 Å². The molecule has 0 saturated carbocycles. The second-order valence-corrected chi connectivity index (χ2v) is 15.2. The summed E-state index contributed by atoms with van der Waals surface area (Å²) < 4.78 is 11.5. The number of hydrogen-bond donors (Lipinski definition) is 3. The molecule has 0 saturated heterocycles. The molecule has 0 radical (unpaired) electrons. The van der Waals surface area contributed by atoms with Gasteiger partial charge in [0.2, 0.25) is 0 Å². The summed E-state index contributed by atoms with van der Waals surface area (Å²) in [5, 5.41) is 14.9. The minimum Gasteiger partial charge on any atom is -0.456 e. The average molecular weight is 696 g/mol. The minimum atomic E-state index is -0.403. The number of para-hydroxylation sites is 2. The first kappa shape index (κ1) is 30.5. The fraction of sp³-hybridized carbons (Fsp3) is 0.0667. The fourth-order valence-corrected chi connectivity index (χ4v) is 9.79. The summed E-state index contributed by atoms with van der Waals surface area (Å²) in [7, 11) is 0. The molecule has 7 aromatic carbocycles. The summed E-state index contributed by atoms with van der Waals surface area (Å²) >= 11 is 3.71. The molecule has 0 bridgehead atoms. The number of furan rings is 1. The van der Waals surface area contributed by atoms with Gasteiger partial charge in [-0.25, -0.2) is 0 Å². The molecule has 6 heteroatoms. The maximum atomic E-state index is 7.00. The third-order valence-electron chi connectivity index (χ3n) is 10.0. The van der Waals surface area contributed by atoms with Gasteiger partial charge in [0.25, 0.3) is 0 Å². The van der Waals surface area contributed by atoms with Crippen molar-refractivity contribution in [2.45, 2.75) is 18.9 Å². The third-order valence-corrected chi connectivity index (χ3v) is 12.4. The molecule has 0 amide bonds. The first-order chi connectivity index (χ1) is 25.2. The lowest BCUT2D eigenvalue weighted by Gasteiger charge is -2.25. The fourth-order valence-electron chi connectivity index (χ4n) is 7.48. The van der Waals surface area contributed by atoms with Crippen molar-refractivity contribution < 1.29 is 4.42 Å². The van der Waals surface area contributed by atoms with Crippen molar-refractivity contribution in [3.63, 3.8) is 0 Å². The molecular weight excluding hydrogens is 663 g/mol. The molecule has 10 aromatic rings. The maximum absolute atomic E-state index is 7.00. The van der Waals surface area contributed by atoms with Gasteiger partial charge in [0.05, 0.1) is 12.3 Å². The van der Waals surface area contributed by atoms with Crippen molar-refractivity contribution in [2.75, 3.05) is 0 Å². The van der Waals surface area contributed by atoms with Crippen molar-refractivity contribution in [1.82, 2.24) is 10.6 Å². The molecule has 4 N–H and O–H groups in total. The molecule has 0 aliphatic carbocycles. The standard InChI is InChI=1S/C45H33N3OS2/c46-44(48-45(27-10-2-1-3-11-27)47-26-30-12-8-16-34-32-13-4-6-18-38(32)49-42(30)34)29-21-23-41-37(25-29)36-24-28(20-22-40(36)50-41)31-15-9-17-35-33-14-5-7-19-39(33)51-43(31)35/h1-25,44-45,47-48H,26,46H2. The number of benzene rings is 7. The Hall–Kier alpha value is -5.34. The summed E-state index contributed by atoms with van der Waals surface area (Å²) in [6.45, 7) is 0.611. The molecular formula is C45H33N3OS2. The van der Waals surface area contributed by atoms with Gasteiger partial charge in [0.1, 0.15) is 11.2 Å². The van der Waals surface area contributed by atoms with Crippen LogP contribution in [0.15, 0.2) is 156 Å². The quantitative estimate of drug-likeness (QED) is 0.138. The van der Waals surface area contributed by atoms with Crippen LogP contribution in [0.4, 0.5) is 0 Å². The van der Waals surface area contributed by atoms with E-state index in [-0.39, 0.29) is 6.17 Å². The van der Waals surface area contributed by atoms with E-state index in [0.29, 0.717) is 6.54 Å². The molecule has 0 spiro atoms. The van der Waals surface area contributed by atoms with Gasteiger partial charge in [0.15, 0.2) is 0 Å². The lowest BCUT2D eigenvalue weighted by molar-refractivity contribution is 0.386. The second-order valence-electron chi connectivity index (χ2n) is 13.1. The molecule has 51 heavy (non-hydrogen) atoms. The number of nitrogens with two attached hydrogens (primary N) is 1. The van der Waals surface area contributed by atoms with Crippen LogP contribution >= 0.6 is 22.7 Å². The second kappa shape index (κ2) is 12.5. The first-order valence-corrected chi connectivity index (χ1v) is 18.9. The van der Waals surface area contributed by atoms with Crippen LogP contribution in [0, 0.1) is 0 Å². The molecule has 4 nitrogen and oxygen atoms in total. The van der Waals surface area contributed by atoms with Crippen LogP contribution in [0.5, 0.6) is 0 Å². The SMILES string of the molecule is NC(NC(NCc1cccc2c1oc1ccccc12)c1ccccc1)c1ccc2sc3ccc(-c4cccc5c4sc4ccccc45)cc3c2c1. The summed E-state index contributed by atoms with van der Waals surface area (Å²) in [5.41, 5.74) is 14.6. The zero-order valence-corrected chi connectivity index (χ0v) is 29.2. The Morgan fingerprint density at radius 1 is 0.549 bits per heavy atom. The molecule has 0 fully saturated rings. The lowest BCUT2D eigenvalue weighted by atomic mass is 10.00. The van der Waals surface area contributed by atoms with E-state index in [1.807, 2.05) is 40.9 Å². The van der Waals surface area contributed by atoms with Gasteiger partial charge >= 0.3 is 0 Å². The van der Waals surface area contributed by atoms with Gasteiger partial charge in [-0.05, 0) is 58.7 Å². The normalized spacial score (nSPS) is 13.3. The van der Waals surface area contributed by atoms with Crippen molar-refractivity contribution >= 4 is 85.0 Å². The lowest BCUT2D eigenvalue weighted by Crippen LogP contribution is -2.39. The van der Waals surface area contributed by atoms with E-state index in [1.165, 1.54) is 51.5 Å². The monoisotopic (exact) mass is 695 g/mol. The van der Waals surface area contributed by atoms with Crippen molar-refractivity contribution in [3.05, 3.63) is 168 Å². The summed E-state index contributed by atoms with van der Waals surface area (Å²) in [5.74, 6) is 0. The van der Waals surface area contributed by atoms with Crippen LogP contribution in [-0.4, -0.2) is 0 Å². The highest BCUT2D eigenvalue weighted by molar-refractivity contribution is 7.26. The van der Waals surface area contributed by atoms with Crippen molar-refractivity contribution in [2.24, 2.45) is 5.73 Å². The van der Waals surface area contributed by atoms with E-state index in [0.717, 1.165) is 38.6 Å². The largest absolute Gasteiger partial charge is 0.456 e. The number of nitrogens with one attached hydrogen (secondary N) is 2. The summed E-state index contributed by atoms with van der Waals surface area (Å²) in [6, 6.07) is 54.0. The van der Waals surface area contributed by atoms with E-state index < -0.39 is 6.17 Å². The van der Waals surface area contributed by atoms with Crippen LogP contribution in [0.25, 0.3) is 73.4 Å². The van der Waals surface area contributed by atoms with E-state index in [4.69, 9.17) is 10.2 Å². The zero-order chi connectivity index (χ0) is 33.9. The molecule has 2 unspecified atom stereocenters. The molecule has 3 aromatic heterocycles. The van der Waals surface area contributed by atoms with Crippen LogP contribution in [0.2, 0.25) is 0 Å². The molecule has 246 valence electrons. The van der Waals surface area contributed by atoms with Gasteiger partial charge in [-0.3, -0.25) is 10.6 Å². The molecule has 10 rings (SSSR count). The highest BCUT2D eigenvalue weighted by Gasteiger charge is 2.19. The number of fused-ring (bicyclic) bond motifs is 9. The Balaban J connectivity index is 0.976. The molecule has 3 heterocycles. The smallest absolute Gasteiger partial charge is 0.139 e. The topological polar surface area (TPSA) is 63.2 Å². The summed E-state index contributed by atoms with van der Waals surface area (Å²) in [4.78, 5) is 0. The highest BCUT2D eigenvalue weighted by Crippen LogP contribution is 2.42. The third kappa shape index (κ3) is 5.31. The van der Waals surface area contributed by atoms with Crippen LogP contribution in [-0.2, 0) is 6.54 Å². The van der Waals surface area contributed by atoms with Gasteiger partial charge in [-0.15, -0.1) is 22.7 Å². The Bertz CT molecular complexity index is 2890.